The van der Waals surface area contributed by atoms with Crippen molar-refractivity contribution in [1.82, 2.24) is 15.4 Å². The zero-order chi connectivity index (χ0) is 14.8. The van der Waals surface area contributed by atoms with Crippen LogP contribution in [0.2, 0.25) is 0 Å². The number of H-pyrrole nitrogens is 1. The smallest absolute Gasteiger partial charge is 0.329 e. The van der Waals surface area contributed by atoms with Gasteiger partial charge in [0.15, 0.2) is 0 Å². The highest BCUT2D eigenvalue weighted by molar-refractivity contribution is 5.85. The van der Waals surface area contributed by atoms with E-state index in [1.807, 2.05) is 0 Å². The van der Waals surface area contributed by atoms with Crippen LogP contribution in [-0.2, 0) is 22.5 Å². The van der Waals surface area contributed by atoms with Crippen LogP contribution >= 0.6 is 12.4 Å². The number of likely N-dealkylation sites (N-methyl/N-ethyl adjacent to an activating group) is 1. The molecule has 1 atom stereocenters. The number of rotatable bonds is 5. The van der Waals surface area contributed by atoms with Gasteiger partial charge in [0.1, 0.15) is 0 Å². The van der Waals surface area contributed by atoms with Crippen LogP contribution < -0.4 is 5.48 Å². The van der Waals surface area contributed by atoms with Gasteiger partial charge in [0, 0.05) is 30.2 Å². The first kappa shape index (κ1) is 16.8. The van der Waals surface area contributed by atoms with E-state index in [2.05, 4.69) is 53.9 Å². The van der Waals surface area contributed by atoms with Gasteiger partial charge < -0.3 is 14.7 Å². The number of hydrogen-bond acceptors (Lipinski definition) is 4. The Balaban J connectivity index is 0.00000176. The number of benzene rings is 1. The fourth-order valence-electron chi connectivity index (χ4n) is 2.72. The van der Waals surface area contributed by atoms with Crippen molar-refractivity contribution >= 4 is 29.3 Å². The third kappa shape index (κ3) is 3.61. The maximum atomic E-state index is 11.5. The summed E-state index contributed by atoms with van der Waals surface area (Å²) in [6.45, 7) is 1.62. The first-order chi connectivity index (χ1) is 10.1. The van der Waals surface area contributed by atoms with Crippen molar-refractivity contribution in [1.29, 1.82) is 0 Å². The number of fused-ring (bicyclic) bond motifs is 1. The molecule has 1 aliphatic heterocycles. The minimum atomic E-state index is -0.156. The Morgan fingerprint density at radius 2 is 2.18 bits per heavy atom. The van der Waals surface area contributed by atoms with Crippen molar-refractivity contribution in [3.8, 4) is 0 Å². The first-order valence-corrected chi connectivity index (χ1v) is 7.30. The van der Waals surface area contributed by atoms with Crippen molar-refractivity contribution in [2.45, 2.75) is 12.8 Å². The second-order valence-electron chi connectivity index (χ2n) is 5.92. The second-order valence-corrected chi connectivity index (χ2v) is 5.92. The van der Waals surface area contributed by atoms with Crippen LogP contribution in [0.4, 0.5) is 0 Å². The first-order valence-electron chi connectivity index (χ1n) is 7.30. The molecule has 3 rings (SSSR count). The number of hydrogen-bond donors (Lipinski definition) is 2. The second kappa shape index (κ2) is 7.13. The van der Waals surface area contributed by atoms with E-state index in [1.54, 1.807) is 0 Å². The predicted octanol–water partition coefficient (Wildman–Crippen LogP) is 1.91. The van der Waals surface area contributed by atoms with Crippen molar-refractivity contribution in [2.75, 3.05) is 27.2 Å². The van der Waals surface area contributed by atoms with Gasteiger partial charge in [-0.05, 0) is 50.2 Å². The van der Waals surface area contributed by atoms with Crippen LogP contribution in [0.15, 0.2) is 24.4 Å². The highest BCUT2D eigenvalue weighted by Crippen LogP contribution is 2.23. The number of nitrogens with zero attached hydrogens (tertiary/aromatic N) is 1. The Morgan fingerprint density at radius 1 is 1.36 bits per heavy atom. The van der Waals surface area contributed by atoms with Crippen LogP contribution in [0.25, 0.3) is 10.9 Å². The van der Waals surface area contributed by atoms with Crippen LogP contribution in [-0.4, -0.2) is 43.0 Å². The molecule has 1 aromatic heterocycles. The summed E-state index contributed by atoms with van der Waals surface area (Å²) in [7, 11) is 4.16. The van der Waals surface area contributed by atoms with Gasteiger partial charge >= 0.3 is 5.97 Å². The van der Waals surface area contributed by atoms with Crippen LogP contribution in [0.1, 0.15) is 11.1 Å². The number of aromatic nitrogens is 1. The maximum absolute atomic E-state index is 11.5. The lowest BCUT2D eigenvalue weighted by molar-refractivity contribution is -0.145. The van der Waals surface area contributed by atoms with E-state index in [1.165, 1.54) is 16.5 Å². The van der Waals surface area contributed by atoms with E-state index >= 15 is 0 Å². The summed E-state index contributed by atoms with van der Waals surface area (Å²) in [6, 6.07) is 6.38. The molecule has 2 N–H and O–H groups in total. The normalized spacial score (nSPS) is 17.8. The Morgan fingerprint density at radius 3 is 2.86 bits per heavy atom. The maximum Gasteiger partial charge on any atom is 0.329 e. The molecule has 2 heterocycles. The summed E-state index contributed by atoms with van der Waals surface area (Å²) >= 11 is 0. The van der Waals surface area contributed by atoms with Gasteiger partial charge in [-0.15, -0.1) is 12.4 Å². The van der Waals surface area contributed by atoms with E-state index in [-0.39, 0.29) is 24.3 Å². The van der Waals surface area contributed by atoms with Crippen molar-refractivity contribution in [2.24, 2.45) is 5.92 Å². The highest BCUT2D eigenvalue weighted by Gasteiger charge is 2.26. The molecule has 120 valence electrons. The Hall–Kier alpha value is -1.56. The Kier molecular flexibility index (Phi) is 5.45. The molecule has 0 radical (unpaired) electrons. The molecule has 1 saturated heterocycles. The summed E-state index contributed by atoms with van der Waals surface area (Å²) < 4.78 is 0. The molecule has 5 nitrogen and oxygen atoms in total. The van der Waals surface area contributed by atoms with Gasteiger partial charge in [0.05, 0.1) is 5.92 Å². The predicted molar refractivity (Wildman–Crippen MR) is 89.1 cm³/mol. The van der Waals surface area contributed by atoms with Gasteiger partial charge in [0.2, 0.25) is 0 Å². The van der Waals surface area contributed by atoms with Gasteiger partial charge in [-0.25, -0.2) is 4.79 Å². The molecule has 1 unspecified atom stereocenters. The molecular formula is C16H22ClN3O2. The minimum Gasteiger partial charge on any atom is -0.370 e. The molecule has 0 aliphatic carbocycles. The lowest BCUT2D eigenvalue weighted by atomic mass is 9.98. The lowest BCUT2D eigenvalue weighted by Gasteiger charge is -2.09. The third-order valence-corrected chi connectivity index (χ3v) is 3.98. The van der Waals surface area contributed by atoms with Crippen LogP contribution in [0.5, 0.6) is 0 Å². The molecular weight excluding hydrogens is 302 g/mol. The number of carbonyl (C=O) groups is 1. The van der Waals surface area contributed by atoms with Gasteiger partial charge in [-0.3, -0.25) is 0 Å². The molecule has 22 heavy (non-hydrogen) atoms. The van der Waals surface area contributed by atoms with Gasteiger partial charge in [-0.2, -0.15) is 5.48 Å². The standard InChI is InChI=1S/C16H21N3O2.ClH/c1-19(2)6-5-12-9-17-15-4-3-11(8-14(12)15)7-13-10-18-21-16(13)20;/h3-4,8-9,13,17-18H,5-7,10H2,1-2H3;1H. The molecule has 2 aromatic rings. The van der Waals surface area contributed by atoms with E-state index in [0.717, 1.165) is 24.9 Å². The number of carbonyl (C=O) groups excluding carboxylic acids is 1. The van der Waals surface area contributed by atoms with E-state index in [9.17, 15) is 4.79 Å². The minimum absolute atomic E-state index is 0. The molecule has 0 amide bonds. The summed E-state index contributed by atoms with van der Waals surface area (Å²) in [5.41, 5.74) is 6.32. The van der Waals surface area contributed by atoms with Crippen molar-refractivity contribution < 1.29 is 9.63 Å². The third-order valence-electron chi connectivity index (χ3n) is 3.98. The van der Waals surface area contributed by atoms with Crippen molar-refractivity contribution in [3.05, 3.63) is 35.5 Å². The zero-order valence-corrected chi connectivity index (χ0v) is 13.7. The van der Waals surface area contributed by atoms with Crippen molar-refractivity contribution in [3.63, 3.8) is 0 Å². The highest BCUT2D eigenvalue weighted by atomic mass is 35.5. The fraction of sp³-hybridized carbons (Fsp3) is 0.438. The molecule has 1 aromatic carbocycles. The quantitative estimate of drug-likeness (QED) is 0.882. The van der Waals surface area contributed by atoms with Gasteiger partial charge in [-0.1, -0.05) is 6.07 Å². The average Bonchev–Trinajstić information content (AvgIpc) is 3.03. The zero-order valence-electron chi connectivity index (χ0n) is 12.9. The summed E-state index contributed by atoms with van der Waals surface area (Å²) in [5.74, 6) is -0.233. The molecule has 1 aliphatic rings. The molecule has 1 fully saturated rings. The summed E-state index contributed by atoms with van der Waals surface area (Å²) in [4.78, 5) is 21.8. The molecule has 0 bridgehead atoms. The Bertz CT molecular complexity index is 654. The number of aromatic amines is 1. The topological polar surface area (TPSA) is 57.4 Å². The van der Waals surface area contributed by atoms with Gasteiger partial charge in [0.25, 0.3) is 0 Å². The summed E-state index contributed by atoms with van der Waals surface area (Å²) in [5, 5.41) is 1.26. The van der Waals surface area contributed by atoms with Crippen LogP contribution in [0.3, 0.4) is 0 Å². The fourth-order valence-corrected chi connectivity index (χ4v) is 2.72. The van der Waals surface area contributed by atoms with E-state index in [0.29, 0.717) is 6.54 Å². The number of hydroxylamine groups is 1. The Labute approximate surface area is 136 Å². The summed E-state index contributed by atoms with van der Waals surface area (Å²) in [6.07, 6.45) is 3.83. The monoisotopic (exact) mass is 323 g/mol. The van der Waals surface area contributed by atoms with E-state index < -0.39 is 0 Å². The average molecular weight is 324 g/mol. The number of nitrogens with one attached hydrogen (secondary N) is 2. The molecule has 0 spiro atoms. The largest absolute Gasteiger partial charge is 0.370 e. The molecule has 6 heteroatoms. The van der Waals surface area contributed by atoms with Crippen LogP contribution in [0, 0.1) is 5.92 Å². The lowest BCUT2D eigenvalue weighted by Crippen LogP contribution is -2.15. The number of halogens is 1. The van der Waals surface area contributed by atoms with E-state index in [4.69, 9.17) is 4.84 Å². The SMILES string of the molecule is CN(C)CCc1c[nH]c2ccc(CC3CNOC3=O)cc12.Cl. The molecule has 0 saturated carbocycles.